The van der Waals surface area contributed by atoms with Crippen LogP contribution < -0.4 is 11.2 Å². The van der Waals surface area contributed by atoms with Crippen LogP contribution in [-0.2, 0) is 0 Å². The first-order valence-electron chi connectivity index (χ1n) is 5.52. The van der Waals surface area contributed by atoms with Gasteiger partial charge >= 0.3 is 5.69 Å². The lowest BCUT2D eigenvalue weighted by molar-refractivity contribution is -0.384. The highest BCUT2D eigenvalue weighted by Crippen LogP contribution is 2.12. The highest BCUT2D eigenvalue weighted by atomic mass is 16.6. The minimum atomic E-state index is -0.849. The predicted octanol–water partition coefficient (Wildman–Crippen LogP) is 0.442. The summed E-state index contributed by atoms with van der Waals surface area (Å²) in [5, 5.41) is 10.5. The van der Waals surface area contributed by atoms with E-state index in [9.17, 15) is 24.5 Å². The number of aromatic nitrogens is 2. The number of H-pyrrole nitrogens is 1. The molecule has 2 aromatic rings. The molecule has 0 amide bonds. The Labute approximate surface area is 111 Å². The molecule has 0 fully saturated rings. The Bertz CT molecular complexity index is 770. The number of carbonyl (C=O) groups is 1. The molecule has 1 heterocycles. The Kier molecular flexibility index (Phi) is 3.30. The number of aryl methyl sites for hydroxylation is 1. The second kappa shape index (κ2) is 4.92. The van der Waals surface area contributed by atoms with Gasteiger partial charge < -0.3 is 4.98 Å². The molecule has 1 aromatic carbocycles. The Morgan fingerprint density at radius 1 is 1.25 bits per heavy atom. The van der Waals surface area contributed by atoms with Crippen molar-refractivity contribution in [2.24, 2.45) is 0 Å². The summed E-state index contributed by atoms with van der Waals surface area (Å²) in [6, 6.07) is 5.74. The summed E-state index contributed by atoms with van der Waals surface area (Å²) in [6.45, 7) is 1.52. The van der Waals surface area contributed by atoms with Gasteiger partial charge in [0.2, 0.25) is 0 Å². The number of nitrogens with one attached hydrogen (secondary N) is 1. The van der Waals surface area contributed by atoms with Crippen molar-refractivity contribution in [3.8, 4) is 0 Å². The van der Waals surface area contributed by atoms with Crippen molar-refractivity contribution in [1.82, 2.24) is 9.55 Å². The number of benzene rings is 1. The first-order valence-corrected chi connectivity index (χ1v) is 5.52. The average molecular weight is 275 g/mol. The van der Waals surface area contributed by atoms with Crippen LogP contribution >= 0.6 is 0 Å². The Morgan fingerprint density at radius 2 is 1.85 bits per heavy atom. The van der Waals surface area contributed by atoms with Crippen molar-refractivity contribution in [3.05, 3.63) is 72.5 Å². The van der Waals surface area contributed by atoms with E-state index in [0.29, 0.717) is 10.3 Å². The zero-order valence-electron chi connectivity index (χ0n) is 10.3. The van der Waals surface area contributed by atoms with Gasteiger partial charge in [0.1, 0.15) is 0 Å². The van der Waals surface area contributed by atoms with E-state index in [1.165, 1.54) is 19.1 Å². The average Bonchev–Trinajstić information content (AvgIpc) is 2.37. The molecule has 2 rings (SSSR count). The quantitative estimate of drug-likeness (QED) is 0.630. The molecule has 0 saturated carbocycles. The van der Waals surface area contributed by atoms with Gasteiger partial charge in [-0.25, -0.2) is 4.79 Å². The summed E-state index contributed by atoms with van der Waals surface area (Å²) in [7, 11) is 0. The molecule has 1 aromatic heterocycles. The van der Waals surface area contributed by atoms with Gasteiger partial charge in [-0.15, -0.1) is 0 Å². The van der Waals surface area contributed by atoms with Crippen LogP contribution in [0.5, 0.6) is 0 Å². The monoisotopic (exact) mass is 275 g/mol. The smallest absolute Gasteiger partial charge is 0.311 e. The van der Waals surface area contributed by atoms with Gasteiger partial charge in [-0.3, -0.25) is 19.7 Å². The molecule has 0 atom stereocenters. The zero-order chi connectivity index (χ0) is 14.9. The SMILES string of the molecule is Cc1cc(=O)n(C(=O)c2ccc([N+](=O)[O-])cc2)c(=O)[nH]1. The highest BCUT2D eigenvalue weighted by molar-refractivity contribution is 5.95. The first-order chi connectivity index (χ1) is 9.40. The third-order valence-electron chi connectivity index (χ3n) is 2.60. The van der Waals surface area contributed by atoms with Gasteiger partial charge in [0.15, 0.2) is 0 Å². The van der Waals surface area contributed by atoms with Crippen LogP contribution in [0.1, 0.15) is 16.1 Å². The number of hydrogen-bond acceptors (Lipinski definition) is 5. The predicted molar refractivity (Wildman–Crippen MR) is 68.9 cm³/mol. The largest absolute Gasteiger partial charge is 0.335 e. The molecule has 0 aliphatic heterocycles. The van der Waals surface area contributed by atoms with Crippen LogP contribution in [0.2, 0.25) is 0 Å². The summed E-state index contributed by atoms with van der Waals surface area (Å²) in [5.74, 6) is -0.842. The lowest BCUT2D eigenvalue weighted by atomic mass is 10.2. The van der Waals surface area contributed by atoms with Gasteiger partial charge in [-0.05, 0) is 19.1 Å². The minimum absolute atomic E-state index is 0.00653. The summed E-state index contributed by atoms with van der Waals surface area (Å²) >= 11 is 0. The molecule has 0 bridgehead atoms. The molecule has 8 nitrogen and oxygen atoms in total. The van der Waals surface area contributed by atoms with Gasteiger partial charge in [-0.1, -0.05) is 0 Å². The molecule has 0 radical (unpaired) electrons. The summed E-state index contributed by atoms with van der Waals surface area (Å²) < 4.78 is 0.439. The third-order valence-corrected chi connectivity index (χ3v) is 2.60. The number of nitro groups is 1. The molecule has 1 N–H and O–H groups in total. The summed E-state index contributed by atoms with van der Waals surface area (Å²) in [4.78, 5) is 47.6. The molecular weight excluding hydrogens is 266 g/mol. The molecule has 0 unspecified atom stereocenters. The van der Waals surface area contributed by atoms with E-state index in [1.807, 2.05) is 0 Å². The van der Waals surface area contributed by atoms with Gasteiger partial charge in [0.05, 0.1) is 4.92 Å². The van der Waals surface area contributed by atoms with Gasteiger partial charge in [0.25, 0.3) is 17.2 Å². The summed E-state index contributed by atoms with van der Waals surface area (Å²) in [6.07, 6.45) is 0. The number of hydrogen-bond donors (Lipinski definition) is 1. The fourth-order valence-electron chi connectivity index (χ4n) is 1.66. The number of nitro benzene ring substituents is 1. The second-order valence-corrected chi connectivity index (χ2v) is 4.04. The van der Waals surface area contributed by atoms with Crippen molar-refractivity contribution in [1.29, 1.82) is 0 Å². The van der Waals surface area contributed by atoms with E-state index in [-0.39, 0.29) is 11.3 Å². The van der Waals surface area contributed by atoms with Crippen LogP contribution in [0.25, 0.3) is 0 Å². The number of rotatable bonds is 2. The fraction of sp³-hybridized carbons (Fsp3) is 0.0833. The van der Waals surface area contributed by atoms with Crippen molar-refractivity contribution >= 4 is 11.6 Å². The third kappa shape index (κ3) is 2.39. The molecule has 0 aliphatic carbocycles. The molecule has 0 spiro atoms. The fourth-order valence-corrected chi connectivity index (χ4v) is 1.66. The van der Waals surface area contributed by atoms with Crippen LogP contribution in [-0.4, -0.2) is 20.4 Å². The van der Waals surface area contributed by atoms with Crippen molar-refractivity contribution in [3.63, 3.8) is 0 Å². The van der Waals surface area contributed by atoms with Crippen molar-refractivity contribution in [2.75, 3.05) is 0 Å². The number of non-ortho nitro benzene ring substituents is 1. The Balaban J connectivity index is 2.50. The van der Waals surface area contributed by atoms with E-state index in [0.717, 1.165) is 18.2 Å². The van der Waals surface area contributed by atoms with E-state index >= 15 is 0 Å². The maximum atomic E-state index is 12.1. The molecule has 0 aliphatic rings. The Morgan fingerprint density at radius 3 is 2.35 bits per heavy atom. The molecule has 102 valence electrons. The number of carbonyl (C=O) groups excluding carboxylic acids is 1. The molecule has 8 heteroatoms. The van der Waals surface area contributed by atoms with E-state index in [1.54, 1.807) is 0 Å². The van der Waals surface area contributed by atoms with Gasteiger partial charge in [0, 0.05) is 29.5 Å². The van der Waals surface area contributed by atoms with Crippen LogP contribution in [0, 0.1) is 17.0 Å². The maximum Gasteiger partial charge on any atom is 0.335 e. The van der Waals surface area contributed by atoms with E-state index in [2.05, 4.69) is 4.98 Å². The van der Waals surface area contributed by atoms with Crippen LogP contribution in [0.4, 0.5) is 5.69 Å². The summed E-state index contributed by atoms with van der Waals surface area (Å²) in [5.41, 5.74) is -1.44. The topological polar surface area (TPSA) is 115 Å². The first kappa shape index (κ1) is 13.4. The Hall–Kier alpha value is -3.03. The van der Waals surface area contributed by atoms with Crippen LogP contribution in [0.3, 0.4) is 0 Å². The minimum Gasteiger partial charge on any atom is -0.311 e. The zero-order valence-corrected chi connectivity index (χ0v) is 10.3. The lowest BCUT2D eigenvalue weighted by Gasteiger charge is -2.03. The molecular formula is C12H9N3O5. The van der Waals surface area contributed by atoms with Crippen molar-refractivity contribution < 1.29 is 9.72 Å². The maximum absolute atomic E-state index is 12.1. The standard InChI is InChI=1S/C12H9N3O5/c1-7-6-10(16)14(12(18)13-7)11(17)8-2-4-9(5-3-8)15(19)20/h2-6H,1H3,(H,13,18). The number of aromatic amines is 1. The molecule has 0 saturated heterocycles. The van der Waals surface area contributed by atoms with E-state index < -0.39 is 22.1 Å². The molecule has 20 heavy (non-hydrogen) atoms. The van der Waals surface area contributed by atoms with E-state index in [4.69, 9.17) is 0 Å². The number of nitrogens with zero attached hydrogens (tertiary/aromatic N) is 2. The normalized spacial score (nSPS) is 10.2. The highest BCUT2D eigenvalue weighted by Gasteiger charge is 2.15. The van der Waals surface area contributed by atoms with Crippen molar-refractivity contribution in [2.45, 2.75) is 6.92 Å². The van der Waals surface area contributed by atoms with Crippen LogP contribution in [0.15, 0.2) is 39.9 Å². The lowest BCUT2D eigenvalue weighted by Crippen LogP contribution is -2.40. The van der Waals surface area contributed by atoms with Gasteiger partial charge in [-0.2, -0.15) is 4.57 Å². The second-order valence-electron chi connectivity index (χ2n) is 4.04.